The molecule has 8 bridgehead atoms. The molecule has 8 saturated carbocycles. The highest BCUT2D eigenvalue weighted by Crippen LogP contribution is 2.78. The molecule has 33 heavy (non-hydrogen) atoms. The molecular weight excluding hydrogens is 415 g/mol. The lowest BCUT2D eigenvalue weighted by Gasteiger charge is -2.67. The maximum Gasteiger partial charge on any atom is -0.00412 e. The molecule has 0 aromatic heterocycles. The molecule has 0 spiro atoms. The van der Waals surface area contributed by atoms with Crippen molar-refractivity contribution in [2.24, 2.45) is 35.5 Å². The number of benzene rings is 2. The first-order valence-electron chi connectivity index (χ1n) is 14.1. The second-order valence-electron chi connectivity index (χ2n) is 13.5. The van der Waals surface area contributed by atoms with Gasteiger partial charge in [-0.15, -0.1) is 0 Å². The smallest absolute Gasteiger partial charge is 0.00412 e. The van der Waals surface area contributed by atoms with E-state index in [1.165, 1.54) is 5.56 Å². The van der Waals surface area contributed by atoms with Crippen LogP contribution in [0.3, 0.4) is 0 Å². The molecular formula is C32H39P. The maximum absolute atomic E-state index is 2.63. The molecule has 0 unspecified atom stereocenters. The lowest BCUT2D eigenvalue weighted by Crippen LogP contribution is -2.58. The van der Waals surface area contributed by atoms with E-state index < -0.39 is 0 Å². The van der Waals surface area contributed by atoms with Crippen molar-refractivity contribution in [3.8, 4) is 11.1 Å². The van der Waals surface area contributed by atoms with E-state index >= 15 is 0 Å². The van der Waals surface area contributed by atoms with Crippen LogP contribution in [0.2, 0.25) is 0 Å². The molecule has 2 aromatic rings. The molecule has 0 radical (unpaired) electrons. The molecule has 1 heteroatoms. The van der Waals surface area contributed by atoms with Gasteiger partial charge in [0.1, 0.15) is 0 Å². The van der Waals surface area contributed by atoms with E-state index in [9.17, 15) is 0 Å². The zero-order chi connectivity index (χ0) is 21.6. The second-order valence-corrected chi connectivity index (χ2v) is 16.6. The van der Waals surface area contributed by atoms with Crippen LogP contribution < -0.4 is 5.30 Å². The van der Waals surface area contributed by atoms with E-state index in [0.717, 1.165) is 35.5 Å². The van der Waals surface area contributed by atoms with Crippen molar-refractivity contribution in [2.75, 3.05) is 0 Å². The molecule has 0 nitrogen and oxygen atoms in total. The first-order chi connectivity index (χ1) is 16.2. The molecule has 2 aromatic carbocycles. The summed E-state index contributed by atoms with van der Waals surface area (Å²) in [4.78, 5) is 0. The summed E-state index contributed by atoms with van der Waals surface area (Å²) < 4.78 is 0. The Morgan fingerprint density at radius 1 is 0.485 bits per heavy atom. The average Bonchev–Trinajstić information content (AvgIpc) is 2.78. The Labute approximate surface area is 201 Å². The van der Waals surface area contributed by atoms with Crippen LogP contribution in [0.15, 0.2) is 54.6 Å². The van der Waals surface area contributed by atoms with Crippen molar-refractivity contribution in [1.82, 2.24) is 0 Å². The van der Waals surface area contributed by atoms with Crippen LogP contribution in [0.1, 0.15) is 77.0 Å². The van der Waals surface area contributed by atoms with Gasteiger partial charge in [0.2, 0.25) is 0 Å². The third-order valence-corrected chi connectivity index (χ3v) is 15.1. The predicted octanol–water partition coefficient (Wildman–Crippen LogP) is 8.40. The fourth-order valence-electron chi connectivity index (χ4n) is 11.2. The summed E-state index contributed by atoms with van der Waals surface area (Å²) in [5.41, 5.74) is 3.06. The molecule has 0 amide bonds. The Bertz CT molecular complexity index is 937. The van der Waals surface area contributed by atoms with Crippen molar-refractivity contribution in [1.29, 1.82) is 0 Å². The molecule has 8 fully saturated rings. The van der Waals surface area contributed by atoms with Gasteiger partial charge < -0.3 is 0 Å². The average molecular weight is 455 g/mol. The number of rotatable bonds is 4. The van der Waals surface area contributed by atoms with Crippen molar-refractivity contribution in [3.05, 3.63) is 54.6 Å². The Balaban J connectivity index is 1.33. The normalized spacial score (nSPS) is 45.5. The van der Waals surface area contributed by atoms with Gasteiger partial charge in [-0.3, -0.25) is 0 Å². The quantitative estimate of drug-likeness (QED) is 0.407. The minimum atomic E-state index is -0.148. The summed E-state index contributed by atoms with van der Waals surface area (Å²) in [5, 5.41) is 3.13. The molecule has 0 aliphatic heterocycles. The van der Waals surface area contributed by atoms with Gasteiger partial charge in [-0.2, -0.15) is 0 Å². The van der Waals surface area contributed by atoms with E-state index in [4.69, 9.17) is 0 Å². The summed E-state index contributed by atoms with van der Waals surface area (Å²) in [6, 6.07) is 21.3. The Hall–Kier alpha value is -1.13. The molecule has 172 valence electrons. The largest absolute Gasteiger partial charge is 0.0622 e. The maximum atomic E-state index is 2.63. The van der Waals surface area contributed by atoms with E-state index in [1.54, 1.807) is 82.6 Å². The van der Waals surface area contributed by atoms with Crippen molar-refractivity contribution < 1.29 is 0 Å². The third kappa shape index (κ3) is 3.05. The lowest BCUT2D eigenvalue weighted by molar-refractivity contribution is 0.0195. The Morgan fingerprint density at radius 3 is 1.33 bits per heavy atom. The van der Waals surface area contributed by atoms with Crippen LogP contribution in [-0.2, 0) is 0 Å². The molecule has 0 N–H and O–H groups in total. The minimum Gasteiger partial charge on any atom is -0.0622 e. The highest BCUT2D eigenvalue weighted by Gasteiger charge is 2.63. The van der Waals surface area contributed by atoms with Gasteiger partial charge in [-0.1, -0.05) is 62.5 Å². The molecule has 8 aliphatic rings. The summed E-state index contributed by atoms with van der Waals surface area (Å²) in [6.45, 7) is 0. The van der Waals surface area contributed by atoms with Crippen LogP contribution in [0.5, 0.6) is 0 Å². The predicted molar refractivity (Wildman–Crippen MR) is 140 cm³/mol. The van der Waals surface area contributed by atoms with Crippen molar-refractivity contribution in [3.63, 3.8) is 0 Å². The fourth-order valence-corrected chi connectivity index (χ4v) is 16.6. The van der Waals surface area contributed by atoms with Crippen LogP contribution >= 0.6 is 7.92 Å². The summed E-state index contributed by atoms with van der Waals surface area (Å²) in [5.74, 6) is 6.33. The number of hydrogen-bond donors (Lipinski definition) is 0. The zero-order valence-electron chi connectivity index (χ0n) is 20.1. The van der Waals surface area contributed by atoms with Crippen LogP contribution in [-0.4, -0.2) is 10.3 Å². The molecule has 0 saturated heterocycles. The Kier molecular flexibility index (Phi) is 4.38. The van der Waals surface area contributed by atoms with Gasteiger partial charge >= 0.3 is 0 Å². The van der Waals surface area contributed by atoms with Gasteiger partial charge in [0.05, 0.1) is 0 Å². The first kappa shape index (κ1) is 20.1. The van der Waals surface area contributed by atoms with Crippen molar-refractivity contribution in [2.45, 2.75) is 87.4 Å². The summed E-state index contributed by atoms with van der Waals surface area (Å²) in [7, 11) is -0.148. The molecule has 0 heterocycles. The summed E-state index contributed by atoms with van der Waals surface area (Å²) >= 11 is 0. The topological polar surface area (TPSA) is 0 Å². The van der Waals surface area contributed by atoms with Gasteiger partial charge in [-0.25, -0.2) is 0 Å². The highest BCUT2D eigenvalue weighted by atomic mass is 31.1. The Morgan fingerprint density at radius 2 is 0.879 bits per heavy atom. The second kappa shape index (κ2) is 7.20. The number of hydrogen-bond acceptors (Lipinski definition) is 0. The summed E-state index contributed by atoms with van der Waals surface area (Å²) in [6.07, 6.45) is 18.9. The van der Waals surface area contributed by atoms with E-state index in [0.29, 0.717) is 10.3 Å². The molecule has 10 rings (SSSR count). The van der Waals surface area contributed by atoms with E-state index in [-0.39, 0.29) is 7.92 Å². The first-order valence-corrected chi connectivity index (χ1v) is 15.5. The van der Waals surface area contributed by atoms with Crippen LogP contribution in [0, 0.1) is 35.5 Å². The van der Waals surface area contributed by atoms with Gasteiger partial charge in [0, 0.05) is 0 Å². The zero-order valence-corrected chi connectivity index (χ0v) is 21.0. The van der Waals surface area contributed by atoms with E-state index in [1.807, 2.05) is 5.30 Å². The van der Waals surface area contributed by atoms with Crippen LogP contribution in [0.4, 0.5) is 0 Å². The van der Waals surface area contributed by atoms with Gasteiger partial charge in [-0.05, 0) is 139 Å². The SMILES string of the molecule is c1ccc(-c2ccccc2P(C23CC4CC(CC(C4)C2)C3)C23CC4CC(CC(C4)C2)C3)cc1. The van der Waals surface area contributed by atoms with Gasteiger partial charge in [0.25, 0.3) is 0 Å². The fraction of sp³-hybridized carbons (Fsp3) is 0.625. The van der Waals surface area contributed by atoms with Gasteiger partial charge in [0.15, 0.2) is 0 Å². The highest BCUT2D eigenvalue weighted by molar-refractivity contribution is 7.69. The standard InChI is InChI=1S/C32H39P/c1-2-6-28(7-3-1)29-8-4-5-9-30(29)33(31-16-22-10-23(17-31)12-24(11-22)18-31)32-19-25-13-26(20-32)15-27(14-25)21-32/h1-9,22-27H,10-21H2. The minimum absolute atomic E-state index is 0.148. The lowest BCUT2D eigenvalue weighted by atomic mass is 9.55. The third-order valence-electron chi connectivity index (χ3n) is 11.2. The molecule has 8 aliphatic carbocycles. The molecule has 0 atom stereocenters. The van der Waals surface area contributed by atoms with E-state index in [2.05, 4.69) is 54.6 Å². The monoisotopic (exact) mass is 454 g/mol. The van der Waals surface area contributed by atoms with Crippen LogP contribution in [0.25, 0.3) is 11.1 Å². The van der Waals surface area contributed by atoms with Crippen molar-refractivity contribution >= 4 is 13.2 Å².